The van der Waals surface area contributed by atoms with Crippen LogP contribution in [0.1, 0.15) is 16.1 Å². The van der Waals surface area contributed by atoms with E-state index >= 15 is 0 Å². The number of nitrogen functional groups attached to an aromatic ring is 1. The van der Waals surface area contributed by atoms with Crippen molar-refractivity contribution in [2.24, 2.45) is 0 Å². The van der Waals surface area contributed by atoms with Gasteiger partial charge in [0.15, 0.2) is 0 Å². The molecular weight excluding hydrogens is 256 g/mol. The fourth-order valence-corrected chi connectivity index (χ4v) is 1.79. The van der Waals surface area contributed by atoms with Crippen LogP contribution in [0.2, 0.25) is 0 Å². The Morgan fingerprint density at radius 1 is 1.20 bits per heavy atom. The molecule has 20 heavy (non-hydrogen) atoms. The minimum Gasteiger partial charge on any atom is -0.395 e. The zero-order valence-corrected chi connectivity index (χ0v) is 10.9. The zero-order valence-electron chi connectivity index (χ0n) is 10.9. The van der Waals surface area contributed by atoms with Crippen molar-refractivity contribution in [3.05, 3.63) is 54.0 Å². The summed E-state index contributed by atoms with van der Waals surface area (Å²) in [4.78, 5) is 21.7. The van der Waals surface area contributed by atoms with Crippen LogP contribution < -0.4 is 5.73 Å². The summed E-state index contributed by atoms with van der Waals surface area (Å²) in [7, 11) is 0. The average Bonchev–Trinajstić information content (AvgIpc) is 2.48. The molecule has 1 aromatic heterocycles. The molecule has 0 radical (unpaired) electrons. The van der Waals surface area contributed by atoms with Crippen molar-refractivity contribution >= 4 is 11.7 Å². The number of rotatable bonds is 5. The summed E-state index contributed by atoms with van der Waals surface area (Å²) in [6.07, 6.45) is 2.68. The van der Waals surface area contributed by atoms with Crippen LogP contribution in [0.25, 0.3) is 0 Å². The molecule has 0 bridgehead atoms. The molecule has 0 aliphatic rings. The maximum absolute atomic E-state index is 12.3. The van der Waals surface area contributed by atoms with E-state index < -0.39 is 0 Å². The van der Waals surface area contributed by atoms with Gasteiger partial charge in [0.2, 0.25) is 0 Å². The minimum atomic E-state index is -0.282. The predicted octanol–water partition coefficient (Wildman–Crippen LogP) is 0.693. The minimum absolute atomic E-state index is 0.110. The Kier molecular flexibility index (Phi) is 4.62. The average molecular weight is 272 g/mol. The van der Waals surface area contributed by atoms with Crippen molar-refractivity contribution in [3.63, 3.8) is 0 Å². The van der Waals surface area contributed by atoms with E-state index in [9.17, 15) is 4.79 Å². The first kappa shape index (κ1) is 14.0. The third kappa shape index (κ3) is 3.52. The summed E-state index contributed by atoms with van der Waals surface area (Å²) < 4.78 is 0. The van der Waals surface area contributed by atoms with Gasteiger partial charge in [-0.2, -0.15) is 0 Å². The summed E-state index contributed by atoms with van der Waals surface area (Å²) >= 11 is 0. The van der Waals surface area contributed by atoms with E-state index in [4.69, 9.17) is 10.8 Å². The number of carbonyl (C=O) groups excluding carboxylic acids is 1. The van der Waals surface area contributed by atoms with Gasteiger partial charge in [0, 0.05) is 13.1 Å². The molecule has 6 nitrogen and oxygen atoms in total. The summed E-state index contributed by atoms with van der Waals surface area (Å²) in [6.45, 7) is 0.535. The Hall–Kier alpha value is -2.47. The molecule has 0 fully saturated rings. The molecule has 1 heterocycles. The van der Waals surface area contributed by atoms with Crippen LogP contribution in [-0.4, -0.2) is 39.0 Å². The first-order chi connectivity index (χ1) is 9.70. The smallest absolute Gasteiger partial charge is 0.274 e. The molecule has 0 unspecified atom stereocenters. The van der Waals surface area contributed by atoms with E-state index in [1.165, 1.54) is 17.3 Å². The Morgan fingerprint density at radius 3 is 2.55 bits per heavy atom. The summed E-state index contributed by atoms with van der Waals surface area (Å²) in [6, 6.07) is 9.56. The lowest BCUT2D eigenvalue weighted by Crippen LogP contribution is -2.33. The summed E-state index contributed by atoms with van der Waals surface area (Å²) in [5.74, 6) is -0.0197. The third-order valence-corrected chi connectivity index (χ3v) is 2.76. The molecule has 1 aromatic carbocycles. The molecule has 0 atom stereocenters. The highest BCUT2D eigenvalue weighted by atomic mass is 16.3. The fraction of sp³-hybridized carbons (Fsp3) is 0.214. The van der Waals surface area contributed by atoms with E-state index in [0.717, 1.165) is 5.56 Å². The number of hydrogen-bond acceptors (Lipinski definition) is 5. The van der Waals surface area contributed by atoms with Crippen molar-refractivity contribution in [2.75, 3.05) is 18.9 Å². The first-order valence-electron chi connectivity index (χ1n) is 6.22. The van der Waals surface area contributed by atoms with Crippen molar-refractivity contribution in [3.8, 4) is 0 Å². The Morgan fingerprint density at radius 2 is 1.95 bits per heavy atom. The molecule has 0 aliphatic carbocycles. The lowest BCUT2D eigenvalue weighted by molar-refractivity contribution is 0.0701. The van der Waals surface area contributed by atoms with Crippen molar-refractivity contribution in [2.45, 2.75) is 6.54 Å². The number of anilines is 1. The lowest BCUT2D eigenvalue weighted by atomic mass is 10.2. The van der Waals surface area contributed by atoms with Crippen molar-refractivity contribution in [1.29, 1.82) is 0 Å². The van der Waals surface area contributed by atoms with Gasteiger partial charge in [0.25, 0.3) is 5.91 Å². The molecule has 1 amide bonds. The van der Waals surface area contributed by atoms with Crippen LogP contribution in [0.4, 0.5) is 5.82 Å². The van der Waals surface area contributed by atoms with E-state index in [1.54, 1.807) is 0 Å². The van der Waals surface area contributed by atoms with Crippen LogP contribution in [0.3, 0.4) is 0 Å². The standard InChI is InChI=1S/C14H16N4O2/c15-13-9-16-12(8-17-13)14(20)18(6-7-19)10-11-4-2-1-3-5-11/h1-5,8-9,19H,6-7,10H2,(H2,15,17). The number of aliphatic hydroxyl groups is 1. The number of carbonyl (C=O) groups is 1. The maximum Gasteiger partial charge on any atom is 0.274 e. The molecule has 6 heteroatoms. The highest BCUT2D eigenvalue weighted by Gasteiger charge is 2.17. The quantitative estimate of drug-likeness (QED) is 0.835. The van der Waals surface area contributed by atoms with E-state index in [2.05, 4.69) is 9.97 Å². The van der Waals surface area contributed by atoms with Gasteiger partial charge < -0.3 is 15.7 Å². The maximum atomic E-state index is 12.3. The monoisotopic (exact) mass is 272 g/mol. The van der Waals surface area contributed by atoms with Crippen LogP contribution >= 0.6 is 0 Å². The van der Waals surface area contributed by atoms with Crippen molar-refractivity contribution < 1.29 is 9.90 Å². The SMILES string of the molecule is Nc1cnc(C(=O)N(CCO)Cc2ccccc2)cn1. The molecule has 2 rings (SSSR count). The van der Waals surface area contributed by atoms with Gasteiger partial charge in [-0.15, -0.1) is 0 Å². The van der Waals surface area contributed by atoms with E-state index in [0.29, 0.717) is 6.54 Å². The largest absolute Gasteiger partial charge is 0.395 e. The number of nitrogens with zero attached hydrogens (tertiary/aromatic N) is 3. The Bertz CT molecular complexity index is 557. The molecule has 0 spiro atoms. The molecule has 0 saturated heterocycles. The second-order valence-corrected chi connectivity index (χ2v) is 4.26. The van der Waals surface area contributed by atoms with Crippen LogP contribution in [0, 0.1) is 0 Å². The van der Waals surface area contributed by atoms with Gasteiger partial charge in [-0.05, 0) is 5.56 Å². The number of amides is 1. The number of aliphatic hydroxyl groups excluding tert-OH is 1. The second-order valence-electron chi connectivity index (χ2n) is 4.26. The summed E-state index contributed by atoms with van der Waals surface area (Å²) in [5.41, 5.74) is 6.64. The van der Waals surface area contributed by atoms with Gasteiger partial charge in [-0.1, -0.05) is 30.3 Å². The molecule has 104 valence electrons. The highest BCUT2D eigenvalue weighted by Crippen LogP contribution is 2.08. The van der Waals surface area contributed by atoms with Gasteiger partial charge >= 0.3 is 0 Å². The Labute approximate surface area is 116 Å². The summed E-state index contributed by atoms with van der Waals surface area (Å²) in [5, 5.41) is 9.10. The number of benzene rings is 1. The number of aromatic nitrogens is 2. The zero-order chi connectivity index (χ0) is 14.4. The molecule has 0 aliphatic heterocycles. The number of nitrogens with two attached hydrogens (primary N) is 1. The normalized spacial score (nSPS) is 10.2. The van der Waals surface area contributed by atoms with E-state index in [1.807, 2.05) is 30.3 Å². The molecule has 2 aromatic rings. The topological polar surface area (TPSA) is 92.3 Å². The lowest BCUT2D eigenvalue weighted by Gasteiger charge is -2.21. The van der Waals surface area contributed by atoms with Gasteiger partial charge in [0.1, 0.15) is 11.5 Å². The van der Waals surface area contributed by atoms with Crippen LogP contribution in [0.5, 0.6) is 0 Å². The number of hydrogen-bond donors (Lipinski definition) is 2. The van der Waals surface area contributed by atoms with Crippen molar-refractivity contribution in [1.82, 2.24) is 14.9 Å². The fourth-order valence-electron chi connectivity index (χ4n) is 1.79. The first-order valence-corrected chi connectivity index (χ1v) is 6.22. The predicted molar refractivity (Wildman–Crippen MR) is 74.7 cm³/mol. The van der Waals surface area contributed by atoms with Crippen LogP contribution in [-0.2, 0) is 6.54 Å². The van der Waals surface area contributed by atoms with Gasteiger partial charge in [0.05, 0.1) is 19.0 Å². The van der Waals surface area contributed by atoms with Gasteiger partial charge in [-0.3, -0.25) is 4.79 Å². The third-order valence-electron chi connectivity index (χ3n) is 2.76. The Balaban J connectivity index is 2.15. The van der Waals surface area contributed by atoms with E-state index in [-0.39, 0.29) is 30.6 Å². The van der Waals surface area contributed by atoms with Gasteiger partial charge in [-0.25, -0.2) is 9.97 Å². The molecule has 3 N–H and O–H groups in total. The molecule has 0 saturated carbocycles. The second kappa shape index (κ2) is 6.63. The molecular formula is C14H16N4O2. The highest BCUT2D eigenvalue weighted by molar-refractivity contribution is 5.92. The van der Waals surface area contributed by atoms with Crippen LogP contribution in [0.15, 0.2) is 42.7 Å².